The average Bonchev–Trinajstić information content (AvgIpc) is 3.26. The molecule has 4 heterocycles. The molecule has 1 fully saturated rings. The third-order valence-electron chi connectivity index (χ3n) is 6.82. The number of rotatable bonds is 7. The summed E-state index contributed by atoms with van der Waals surface area (Å²) in [6.07, 6.45) is 4.19. The largest absolute Gasteiger partial charge is 0.495 e. The lowest BCUT2D eigenvalue weighted by Crippen LogP contribution is -2.38. The molecule has 11 heteroatoms. The Kier molecular flexibility index (Phi) is 6.90. The van der Waals surface area contributed by atoms with E-state index in [1.807, 2.05) is 6.92 Å². The van der Waals surface area contributed by atoms with Gasteiger partial charge in [0.15, 0.2) is 5.82 Å². The molecule has 2 aliphatic rings. The number of nitrogens with zero attached hydrogens (tertiary/aromatic N) is 3. The Bertz CT molecular complexity index is 1320. The van der Waals surface area contributed by atoms with Crippen LogP contribution in [0.25, 0.3) is 11.3 Å². The third kappa shape index (κ3) is 5.05. The van der Waals surface area contributed by atoms with Crippen molar-refractivity contribution in [1.29, 1.82) is 0 Å². The van der Waals surface area contributed by atoms with Crippen LogP contribution in [0.2, 0.25) is 0 Å². The Hall–Kier alpha value is -3.83. The summed E-state index contributed by atoms with van der Waals surface area (Å²) >= 11 is 0. The summed E-state index contributed by atoms with van der Waals surface area (Å²) in [7, 11) is 1.50. The van der Waals surface area contributed by atoms with E-state index < -0.39 is 11.2 Å². The molecule has 1 amide bonds. The highest BCUT2D eigenvalue weighted by molar-refractivity contribution is 5.95. The number of fused-ring (bicyclic) bond motifs is 1. The van der Waals surface area contributed by atoms with Crippen molar-refractivity contribution in [3.05, 3.63) is 53.6 Å². The number of halogens is 1. The molecule has 0 aliphatic carbocycles. The summed E-state index contributed by atoms with van der Waals surface area (Å²) in [6.45, 7) is 3.66. The van der Waals surface area contributed by atoms with E-state index in [9.17, 15) is 14.3 Å². The van der Waals surface area contributed by atoms with Crippen LogP contribution in [0.15, 0.2) is 36.7 Å². The number of nitrogens with one attached hydrogen (secondary N) is 3. The number of hydrogen-bond acceptors (Lipinski definition) is 9. The Balaban J connectivity index is 1.38. The molecule has 1 saturated heterocycles. The highest BCUT2D eigenvalue weighted by atomic mass is 19.1. The molecule has 37 heavy (non-hydrogen) atoms. The van der Waals surface area contributed by atoms with Gasteiger partial charge >= 0.3 is 0 Å². The summed E-state index contributed by atoms with van der Waals surface area (Å²) in [4.78, 5) is 25.6. The summed E-state index contributed by atoms with van der Waals surface area (Å²) in [6, 6.07) is 6.88. The lowest BCUT2D eigenvalue weighted by molar-refractivity contribution is 0.0696. The second-order valence-corrected chi connectivity index (χ2v) is 9.48. The molecule has 1 aromatic carbocycles. The maximum Gasteiger partial charge on any atom is 0.251 e. The first kappa shape index (κ1) is 24.8. The minimum Gasteiger partial charge on any atom is -0.495 e. The molecule has 3 aromatic rings. The number of aliphatic hydroxyl groups is 1. The van der Waals surface area contributed by atoms with Crippen molar-refractivity contribution in [2.45, 2.75) is 31.2 Å². The normalized spacial score (nSPS) is 19.1. The summed E-state index contributed by atoms with van der Waals surface area (Å²) in [5.41, 5.74) is 1.81. The highest BCUT2D eigenvalue weighted by Crippen LogP contribution is 2.37. The van der Waals surface area contributed by atoms with Crippen LogP contribution in [0.3, 0.4) is 0 Å². The molecular formula is C26H29FN6O4. The maximum atomic E-state index is 14.8. The van der Waals surface area contributed by atoms with Gasteiger partial charge in [0.05, 0.1) is 25.6 Å². The predicted octanol–water partition coefficient (Wildman–Crippen LogP) is 3.01. The molecule has 0 bridgehead atoms. The van der Waals surface area contributed by atoms with Gasteiger partial charge in [-0.3, -0.25) is 4.79 Å². The zero-order valence-electron chi connectivity index (χ0n) is 20.7. The van der Waals surface area contributed by atoms with Crippen LogP contribution in [0, 0.1) is 5.82 Å². The van der Waals surface area contributed by atoms with E-state index in [0.717, 1.165) is 24.6 Å². The van der Waals surface area contributed by atoms with Crippen LogP contribution >= 0.6 is 0 Å². The number of aromatic nitrogens is 3. The lowest BCUT2D eigenvalue weighted by atomic mass is 9.85. The van der Waals surface area contributed by atoms with Crippen LogP contribution in [-0.2, 0) is 10.2 Å². The number of carbonyl (C=O) groups is 1. The minimum atomic E-state index is -0.601. The molecule has 1 atom stereocenters. The van der Waals surface area contributed by atoms with Gasteiger partial charge in [0, 0.05) is 54.1 Å². The number of carbonyl (C=O) groups excluding carboxylic acids is 1. The number of aliphatic hydroxyl groups excluding tert-OH is 1. The van der Waals surface area contributed by atoms with Crippen molar-refractivity contribution in [2.24, 2.45) is 0 Å². The van der Waals surface area contributed by atoms with E-state index in [2.05, 4.69) is 30.9 Å². The zero-order chi connectivity index (χ0) is 26.0. The standard InChI is InChI=1S/C26H29FN6O4/c1-26(14-34)13-30-23-18(26)9-16(11-28-23)22-19(27)12-29-25(33-22)32-20-4-3-15(10-21(20)36-2)24(35)31-17-5-7-37-8-6-17/h3-4,9-12,17,34H,5-8,13-14H2,1-2H3,(H,28,30)(H,31,35)(H,29,32,33). The molecule has 4 N–H and O–H groups in total. The van der Waals surface area contributed by atoms with Crippen molar-refractivity contribution in [3.8, 4) is 17.0 Å². The molecule has 0 radical (unpaired) electrons. The second kappa shape index (κ2) is 10.3. The summed E-state index contributed by atoms with van der Waals surface area (Å²) in [5, 5.41) is 19.1. The Morgan fingerprint density at radius 2 is 2.08 bits per heavy atom. The van der Waals surface area contributed by atoms with E-state index in [-0.39, 0.29) is 30.2 Å². The molecule has 10 nitrogen and oxygen atoms in total. The monoisotopic (exact) mass is 508 g/mol. The van der Waals surface area contributed by atoms with Crippen LogP contribution in [0.1, 0.15) is 35.7 Å². The van der Waals surface area contributed by atoms with Gasteiger partial charge in [-0.2, -0.15) is 0 Å². The Labute approximate surface area is 213 Å². The fourth-order valence-electron chi connectivity index (χ4n) is 4.51. The van der Waals surface area contributed by atoms with Crippen molar-refractivity contribution in [1.82, 2.24) is 20.3 Å². The van der Waals surface area contributed by atoms with Crippen molar-refractivity contribution >= 4 is 23.4 Å². The van der Waals surface area contributed by atoms with Gasteiger partial charge in [-0.05, 0) is 37.1 Å². The van der Waals surface area contributed by atoms with Crippen molar-refractivity contribution < 1.29 is 23.8 Å². The van der Waals surface area contributed by atoms with Crippen LogP contribution < -0.4 is 20.7 Å². The first-order chi connectivity index (χ1) is 17.9. The first-order valence-electron chi connectivity index (χ1n) is 12.1. The van der Waals surface area contributed by atoms with Gasteiger partial charge in [0.2, 0.25) is 5.95 Å². The molecule has 194 valence electrons. The topological polar surface area (TPSA) is 131 Å². The van der Waals surface area contributed by atoms with Crippen molar-refractivity contribution in [2.75, 3.05) is 44.1 Å². The molecule has 2 aliphatic heterocycles. The molecular weight excluding hydrogens is 479 g/mol. The van der Waals surface area contributed by atoms with E-state index in [1.54, 1.807) is 24.3 Å². The molecule has 0 spiro atoms. The van der Waals surface area contributed by atoms with Gasteiger partial charge < -0.3 is 30.5 Å². The van der Waals surface area contributed by atoms with Crippen molar-refractivity contribution in [3.63, 3.8) is 0 Å². The number of ether oxygens (including phenoxy) is 2. The average molecular weight is 509 g/mol. The summed E-state index contributed by atoms with van der Waals surface area (Å²) < 4.78 is 25.6. The number of anilines is 3. The quantitative estimate of drug-likeness (QED) is 0.380. The van der Waals surface area contributed by atoms with Gasteiger partial charge in [0.25, 0.3) is 5.91 Å². The number of hydrogen-bond donors (Lipinski definition) is 4. The Morgan fingerprint density at radius 1 is 1.27 bits per heavy atom. The van der Waals surface area contributed by atoms with Gasteiger partial charge in [-0.1, -0.05) is 6.92 Å². The zero-order valence-corrected chi connectivity index (χ0v) is 20.7. The van der Waals surface area contributed by atoms with E-state index in [4.69, 9.17) is 9.47 Å². The van der Waals surface area contributed by atoms with Gasteiger partial charge in [0.1, 0.15) is 17.3 Å². The summed E-state index contributed by atoms with van der Waals surface area (Å²) in [5.74, 6) is 0.441. The number of benzene rings is 1. The van der Waals surface area contributed by atoms with Gasteiger partial charge in [-0.15, -0.1) is 0 Å². The highest BCUT2D eigenvalue weighted by Gasteiger charge is 2.35. The second-order valence-electron chi connectivity index (χ2n) is 9.48. The minimum absolute atomic E-state index is 0.0694. The molecule has 2 aromatic heterocycles. The maximum absolute atomic E-state index is 14.8. The predicted molar refractivity (Wildman–Crippen MR) is 136 cm³/mol. The fourth-order valence-corrected chi connectivity index (χ4v) is 4.51. The fraction of sp³-hybridized carbons (Fsp3) is 0.385. The smallest absolute Gasteiger partial charge is 0.251 e. The van der Waals surface area contributed by atoms with E-state index in [1.165, 1.54) is 13.3 Å². The van der Waals surface area contributed by atoms with E-state index in [0.29, 0.717) is 48.1 Å². The molecule has 0 saturated carbocycles. The molecule has 5 rings (SSSR count). The lowest BCUT2D eigenvalue weighted by Gasteiger charge is -2.23. The third-order valence-corrected chi connectivity index (χ3v) is 6.82. The van der Waals surface area contributed by atoms with Gasteiger partial charge in [-0.25, -0.2) is 19.3 Å². The number of amides is 1. The number of pyridine rings is 1. The first-order valence-corrected chi connectivity index (χ1v) is 12.1. The van der Waals surface area contributed by atoms with E-state index >= 15 is 0 Å². The van der Waals surface area contributed by atoms with Crippen LogP contribution in [0.4, 0.5) is 21.8 Å². The molecule has 1 unspecified atom stereocenters. The van der Waals surface area contributed by atoms with Crippen LogP contribution in [-0.4, -0.2) is 65.5 Å². The van der Waals surface area contributed by atoms with Crippen LogP contribution in [0.5, 0.6) is 5.75 Å². The SMILES string of the molecule is COc1cc(C(=O)NC2CCOCC2)ccc1Nc1ncc(F)c(-c2cnc3c(c2)C(C)(CO)CN3)n1. The number of methoxy groups -OCH3 is 1. The Morgan fingerprint density at radius 3 is 2.84 bits per heavy atom.